The zero-order valence-corrected chi connectivity index (χ0v) is 16.0. The van der Waals surface area contributed by atoms with Crippen molar-refractivity contribution in [1.29, 1.82) is 0 Å². The number of aromatic nitrogens is 3. The van der Waals surface area contributed by atoms with Crippen molar-refractivity contribution in [1.82, 2.24) is 19.7 Å². The van der Waals surface area contributed by atoms with E-state index in [0.717, 1.165) is 5.56 Å². The molecule has 0 aliphatic carbocycles. The fourth-order valence-electron chi connectivity index (χ4n) is 2.92. The van der Waals surface area contributed by atoms with Gasteiger partial charge < -0.3 is 9.47 Å². The van der Waals surface area contributed by atoms with E-state index in [1.54, 1.807) is 24.1 Å². The molecule has 0 N–H and O–H groups in total. The summed E-state index contributed by atoms with van der Waals surface area (Å²) < 4.78 is 1.88. The van der Waals surface area contributed by atoms with E-state index in [1.165, 1.54) is 0 Å². The van der Waals surface area contributed by atoms with Crippen LogP contribution in [0.25, 0.3) is 11.4 Å². The average Bonchev–Trinajstić information content (AvgIpc) is 3.03. The van der Waals surface area contributed by atoms with Gasteiger partial charge in [0.1, 0.15) is 0 Å². The molecule has 6 heteroatoms. The summed E-state index contributed by atoms with van der Waals surface area (Å²) in [5.41, 5.74) is 0.786. The van der Waals surface area contributed by atoms with Crippen molar-refractivity contribution >= 4 is 17.5 Å². The van der Waals surface area contributed by atoms with Gasteiger partial charge in [0.05, 0.1) is 10.6 Å². The number of hydrogen-bond acceptors (Lipinski definition) is 3. The van der Waals surface area contributed by atoms with Gasteiger partial charge in [0.2, 0.25) is 0 Å². The van der Waals surface area contributed by atoms with Gasteiger partial charge in [-0.2, -0.15) is 0 Å². The Kier molecular flexibility index (Phi) is 4.83. The quantitative estimate of drug-likeness (QED) is 0.695. The van der Waals surface area contributed by atoms with E-state index in [0.29, 0.717) is 22.2 Å². The van der Waals surface area contributed by atoms with Crippen LogP contribution in [0.2, 0.25) is 5.02 Å². The van der Waals surface area contributed by atoms with Gasteiger partial charge in [0.15, 0.2) is 11.6 Å². The van der Waals surface area contributed by atoms with Gasteiger partial charge in [-0.25, -0.2) is 0 Å². The van der Waals surface area contributed by atoms with Gasteiger partial charge >= 0.3 is 0 Å². The van der Waals surface area contributed by atoms with E-state index in [2.05, 4.69) is 10.2 Å². The Bertz CT molecular complexity index is 934. The van der Waals surface area contributed by atoms with Crippen molar-refractivity contribution < 1.29 is 4.79 Å². The summed E-state index contributed by atoms with van der Waals surface area (Å²) in [6, 6.07) is 16.7. The molecular weight excluding hydrogens is 348 g/mol. The topological polar surface area (TPSA) is 51.0 Å². The molecule has 1 amide bonds. The highest BCUT2D eigenvalue weighted by Crippen LogP contribution is 2.31. The standard InChI is InChI=1S/C20H21ClN4O/c1-20(2,25(4)18(26)14-10-6-5-7-11-14)19-23-22-17(24(19)3)15-12-8-9-13-16(15)21/h5-13H,1-4H3. The van der Waals surface area contributed by atoms with Crippen LogP contribution in [0.5, 0.6) is 0 Å². The van der Waals surface area contributed by atoms with Crippen molar-refractivity contribution in [3.8, 4) is 11.4 Å². The maximum absolute atomic E-state index is 12.9. The summed E-state index contributed by atoms with van der Waals surface area (Å²) in [7, 11) is 3.66. The third-order valence-corrected chi connectivity index (χ3v) is 5.03. The molecule has 0 radical (unpaired) electrons. The molecule has 2 aromatic carbocycles. The third kappa shape index (κ3) is 3.10. The first-order valence-corrected chi connectivity index (χ1v) is 8.70. The predicted octanol–water partition coefficient (Wildman–Crippen LogP) is 4.14. The molecule has 0 unspecified atom stereocenters. The van der Waals surface area contributed by atoms with Gasteiger partial charge in [0.25, 0.3) is 5.91 Å². The summed E-state index contributed by atoms with van der Waals surface area (Å²) in [6.07, 6.45) is 0. The number of hydrogen-bond donors (Lipinski definition) is 0. The fraction of sp³-hybridized carbons (Fsp3) is 0.250. The summed E-state index contributed by atoms with van der Waals surface area (Å²) in [6.45, 7) is 3.91. The summed E-state index contributed by atoms with van der Waals surface area (Å²) in [5.74, 6) is 1.27. The number of benzene rings is 2. The number of carbonyl (C=O) groups is 1. The molecule has 0 aliphatic heterocycles. The van der Waals surface area contributed by atoms with Crippen LogP contribution in [-0.4, -0.2) is 32.6 Å². The smallest absolute Gasteiger partial charge is 0.254 e. The lowest BCUT2D eigenvalue weighted by molar-refractivity contribution is 0.0601. The van der Waals surface area contributed by atoms with Crippen molar-refractivity contribution in [3.63, 3.8) is 0 Å². The number of halogens is 1. The van der Waals surface area contributed by atoms with Crippen LogP contribution >= 0.6 is 11.6 Å². The van der Waals surface area contributed by atoms with Crippen LogP contribution in [0.3, 0.4) is 0 Å². The first-order chi connectivity index (χ1) is 12.3. The second-order valence-electron chi connectivity index (χ2n) is 6.68. The number of carbonyl (C=O) groups excluding carboxylic acids is 1. The number of nitrogens with zero attached hydrogens (tertiary/aromatic N) is 4. The highest BCUT2D eigenvalue weighted by atomic mass is 35.5. The second-order valence-corrected chi connectivity index (χ2v) is 7.08. The lowest BCUT2D eigenvalue weighted by Gasteiger charge is -2.34. The normalized spacial score (nSPS) is 11.4. The van der Waals surface area contributed by atoms with Gasteiger partial charge in [-0.05, 0) is 38.1 Å². The molecule has 0 aliphatic rings. The molecule has 134 valence electrons. The Hall–Kier alpha value is -2.66. The molecule has 0 spiro atoms. The Morgan fingerprint density at radius 1 is 1.04 bits per heavy atom. The zero-order valence-electron chi connectivity index (χ0n) is 15.3. The van der Waals surface area contributed by atoms with E-state index in [4.69, 9.17) is 11.6 Å². The molecule has 3 aromatic rings. The largest absolute Gasteiger partial charge is 0.329 e. The van der Waals surface area contributed by atoms with E-state index in [-0.39, 0.29) is 5.91 Å². The Labute approximate surface area is 158 Å². The Morgan fingerprint density at radius 2 is 1.65 bits per heavy atom. The zero-order chi connectivity index (χ0) is 18.9. The van der Waals surface area contributed by atoms with Gasteiger partial charge in [0, 0.05) is 25.2 Å². The van der Waals surface area contributed by atoms with E-state index in [9.17, 15) is 4.79 Å². The highest BCUT2D eigenvalue weighted by molar-refractivity contribution is 6.33. The van der Waals surface area contributed by atoms with Gasteiger partial charge in [-0.15, -0.1) is 10.2 Å². The first-order valence-electron chi connectivity index (χ1n) is 8.32. The minimum absolute atomic E-state index is 0.0714. The molecule has 0 atom stereocenters. The number of amides is 1. The summed E-state index contributed by atoms with van der Waals surface area (Å²) >= 11 is 6.30. The maximum atomic E-state index is 12.9. The van der Waals surface area contributed by atoms with Crippen LogP contribution in [0.4, 0.5) is 0 Å². The van der Waals surface area contributed by atoms with Crippen molar-refractivity contribution in [2.75, 3.05) is 7.05 Å². The molecule has 0 fully saturated rings. The monoisotopic (exact) mass is 368 g/mol. The van der Waals surface area contributed by atoms with Crippen molar-refractivity contribution in [2.45, 2.75) is 19.4 Å². The molecule has 5 nitrogen and oxygen atoms in total. The van der Waals surface area contributed by atoms with Gasteiger partial charge in [-0.1, -0.05) is 41.9 Å². The van der Waals surface area contributed by atoms with Crippen LogP contribution < -0.4 is 0 Å². The second kappa shape index (κ2) is 6.92. The van der Waals surface area contributed by atoms with Crippen molar-refractivity contribution in [2.24, 2.45) is 7.05 Å². The fourth-order valence-corrected chi connectivity index (χ4v) is 3.14. The molecule has 0 saturated carbocycles. The molecule has 0 saturated heterocycles. The Balaban J connectivity index is 1.98. The third-order valence-electron chi connectivity index (χ3n) is 4.70. The highest BCUT2D eigenvalue weighted by Gasteiger charge is 2.35. The van der Waals surface area contributed by atoms with E-state index < -0.39 is 5.54 Å². The SMILES string of the molecule is CN(C(=O)c1ccccc1)C(C)(C)c1nnc(-c2ccccc2Cl)n1C. The predicted molar refractivity (Wildman–Crippen MR) is 103 cm³/mol. The first kappa shape index (κ1) is 18.1. The lowest BCUT2D eigenvalue weighted by atomic mass is 10.0. The molecule has 26 heavy (non-hydrogen) atoms. The van der Waals surface area contributed by atoms with Crippen molar-refractivity contribution in [3.05, 3.63) is 71.0 Å². The summed E-state index contributed by atoms with van der Waals surface area (Å²) in [4.78, 5) is 14.5. The average molecular weight is 369 g/mol. The van der Waals surface area contributed by atoms with Crippen LogP contribution in [0.1, 0.15) is 30.0 Å². The molecule has 3 rings (SSSR count). The maximum Gasteiger partial charge on any atom is 0.254 e. The molecule has 1 aromatic heterocycles. The lowest BCUT2D eigenvalue weighted by Crippen LogP contribution is -2.44. The minimum atomic E-state index is -0.659. The van der Waals surface area contributed by atoms with E-state index in [1.807, 2.05) is 67.9 Å². The molecule has 0 bridgehead atoms. The number of rotatable bonds is 4. The van der Waals surface area contributed by atoms with E-state index >= 15 is 0 Å². The van der Waals surface area contributed by atoms with Crippen LogP contribution in [0, 0.1) is 0 Å². The van der Waals surface area contributed by atoms with Crippen LogP contribution in [0.15, 0.2) is 54.6 Å². The Morgan fingerprint density at radius 3 is 2.31 bits per heavy atom. The summed E-state index contributed by atoms with van der Waals surface area (Å²) in [5, 5.41) is 9.29. The molecular formula is C20H21ClN4O. The minimum Gasteiger partial charge on any atom is -0.329 e. The molecule has 1 heterocycles. The van der Waals surface area contributed by atoms with Gasteiger partial charge in [-0.3, -0.25) is 4.79 Å². The van der Waals surface area contributed by atoms with Crippen LogP contribution in [-0.2, 0) is 12.6 Å².